The molecule has 0 fully saturated rings. The van der Waals surface area contributed by atoms with Crippen molar-refractivity contribution in [3.05, 3.63) is 89.5 Å². The zero-order valence-corrected chi connectivity index (χ0v) is 16.3. The summed E-state index contributed by atoms with van der Waals surface area (Å²) in [5.41, 5.74) is 4.76. The lowest BCUT2D eigenvalue weighted by Crippen LogP contribution is -2.17. The Morgan fingerprint density at radius 3 is 2.10 bits per heavy atom. The van der Waals surface area contributed by atoms with Gasteiger partial charge in [0.25, 0.3) is 5.91 Å². The molecule has 6 nitrogen and oxygen atoms in total. The van der Waals surface area contributed by atoms with Crippen LogP contribution in [0, 0.1) is 0 Å². The fraction of sp³-hybridized carbons (Fsp3) is 0.130. The number of hydrogen-bond donors (Lipinski definition) is 1. The molecule has 3 rings (SSSR count). The summed E-state index contributed by atoms with van der Waals surface area (Å²) in [6.07, 6.45) is 1.52. The maximum atomic E-state index is 12.1. The third-order valence-electron chi connectivity index (χ3n) is 4.12. The van der Waals surface area contributed by atoms with Gasteiger partial charge in [0.1, 0.15) is 6.61 Å². The van der Waals surface area contributed by atoms with Crippen LogP contribution in [-0.2, 0) is 6.61 Å². The molecule has 29 heavy (non-hydrogen) atoms. The molecule has 3 aromatic carbocycles. The van der Waals surface area contributed by atoms with Crippen molar-refractivity contribution in [3.63, 3.8) is 0 Å². The molecule has 0 aliphatic rings. The van der Waals surface area contributed by atoms with Crippen LogP contribution in [0.5, 0.6) is 17.2 Å². The highest BCUT2D eigenvalue weighted by Crippen LogP contribution is 2.38. The summed E-state index contributed by atoms with van der Waals surface area (Å²) in [4.78, 5) is 12.1. The summed E-state index contributed by atoms with van der Waals surface area (Å²) in [6.45, 7) is 0.383. The number of hydrogen-bond acceptors (Lipinski definition) is 5. The van der Waals surface area contributed by atoms with E-state index in [0.29, 0.717) is 35.0 Å². The van der Waals surface area contributed by atoms with Gasteiger partial charge in [0.15, 0.2) is 11.5 Å². The Morgan fingerprint density at radius 2 is 1.52 bits per heavy atom. The summed E-state index contributed by atoms with van der Waals surface area (Å²) < 4.78 is 16.8. The number of benzene rings is 3. The number of carbonyl (C=O) groups excluding carboxylic acids is 1. The molecule has 0 bridgehead atoms. The zero-order chi connectivity index (χ0) is 20.5. The van der Waals surface area contributed by atoms with E-state index < -0.39 is 0 Å². The fourth-order valence-electron chi connectivity index (χ4n) is 2.67. The van der Waals surface area contributed by atoms with E-state index in [4.69, 9.17) is 14.2 Å². The molecule has 0 saturated carbocycles. The number of carbonyl (C=O) groups is 1. The van der Waals surface area contributed by atoms with Crippen LogP contribution in [0.3, 0.4) is 0 Å². The van der Waals surface area contributed by atoms with Crippen LogP contribution >= 0.6 is 0 Å². The molecule has 0 heterocycles. The van der Waals surface area contributed by atoms with Gasteiger partial charge >= 0.3 is 0 Å². The smallest absolute Gasteiger partial charge is 0.271 e. The lowest BCUT2D eigenvalue weighted by Gasteiger charge is -2.15. The molecule has 0 radical (unpaired) electrons. The minimum atomic E-state index is -0.288. The number of hydrazone groups is 1. The highest BCUT2D eigenvalue weighted by Gasteiger charge is 2.14. The lowest BCUT2D eigenvalue weighted by atomic mass is 10.2. The second kappa shape index (κ2) is 9.94. The molecule has 1 N–H and O–H groups in total. The van der Waals surface area contributed by atoms with Crippen molar-refractivity contribution in [3.8, 4) is 17.2 Å². The number of methoxy groups -OCH3 is 2. The molecule has 0 aromatic heterocycles. The van der Waals surface area contributed by atoms with Crippen molar-refractivity contribution in [2.24, 2.45) is 5.10 Å². The van der Waals surface area contributed by atoms with Gasteiger partial charge in [-0.3, -0.25) is 4.79 Å². The Morgan fingerprint density at radius 1 is 0.931 bits per heavy atom. The van der Waals surface area contributed by atoms with Crippen LogP contribution < -0.4 is 19.6 Å². The summed E-state index contributed by atoms with van der Waals surface area (Å²) in [5.74, 6) is 1.24. The Balaban J connectivity index is 1.74. The van der Waals surface area contributed by atoms with Gasteiger partial charge in [-0.2, -0.15) is 5.10 Å². The van der Waals surface area contributed by atoms with Gasteiger partial charge in [-0.15, -0.1) is 0 Å². The molecule has 0 unspecified atom stereocenters. The van der Waals surface area contributed by atoms with E-state index in [1.807, 2.05) is 36.4 Å². The van der Waals surface area contributed by atoms with Gasteiger partial charge in [0.05, 0.1) is 20.4 Å². The number of ether oxygens (including phenoxy) is 3. The van der Waals surface area contributed by atoms with Gasteiger partial charge in [0, 0.05) is 11.1 Å². The number of nitrogens with zero attached hydrogens (tertiary/aromatic N) is 1. The molecule has 148 valence electrons. The standard InChI is InChI=1S/C23H22N2O4/c1-27-20-13-18(15-24-25-23(26)19-11-7-4-8-12-19)14-21(28-2)22(20)29-16-17-9-5-3-6-10-17/h3-15H,16H2,1-2H3,(H,25,26)/b24-15+. The van der Waals surface area contributed by atoms with Crippen molar-refractivity contribution in [2.75, 3.05) is 14.2 Å². The molecule has 1 amide bonds. The van der Waals surface area contributed by atoms with Crippen LogP contribution in [0.1, 0.15) is 21.5 Å². The minimum absolute atomic E-state index is 0.288. The van der Waals surface area contributed by atoms with Gasteiger partial charge in [-0.05, 0) is 29.8 Å². The van der Waals surface area contributed by atoms with Crippen LogP contribution in [0.25, 0.3) is 0 Å². The van der Waals surface area contributed by atoms with Crippen molar-refractivity contribution >= 4 is 12.1 Å². The first-order chi connectivity index (χ1) is 14.2. The Labute approximate surface area is 169 Å². The summed E-state index contributed by atoms with van der Waals surface area (Å²) in [6, 6.07) is 22.2. The molecular formula is C23H22N2O4. The second-order valence-electron chi connectivity index (χ2n) is 6.09. The highest BCUT2D eigenvalue weighted by atomic mass is 16.5. The van der Waals surface area contributed by atoms with E-state index in [1.54, 1.807) is 50.6 Å². The van der Waals surface area contributed by atoms with E-state index >= 15 is 0 Å². The minimum Gasteiger partial charge on any atom is -0.493 e. The first-order valence-corrected chi connectivity index (χ1v) is 9.02. The van der Waals surface area contributed by atoms with Crippen LogP contribution in [0.4, 0.5) is 0 Å². The van der Waals surface area contributed by atoms with E-state index in [1.165, 1.54) is 6.21 Å². The summed E-state index contributed by atoms with van der Waals surface area (Å²) in [5, 5.41) is 4.02. The topological polar surface area (TPSA) is 69.2 Å². The first kappa shape index (κ1) is 19.9. The van der Waals surface area contributed by atoms with Crippen molar-refractivity contribution in [2.45, 2.75) is 6.61 Å². The van der Waals surface area contributed by atoms with Gasteiger partial charge < -0.3 is 14.2 Å². The van der Waals surface area contributed by atoms with Crippen molar-refractivity contribution < 1.29 is 19.0 Å². The summed E-state index contributed by atoms with van der Waals surface area (Å²) >= 11 is 0. The third kappa shape index (κ3) is 5.35. The van der Waals surface area contributed by atoms with Gasteiger partial charge in [0.2, 0.25) is 5.75 Å². The number of amides is 1. The van der Waals surface area contributed by atoms with E-state index in [-0.39, 0.29) is 5.91 Å². The van der Waals surface area contributed by atoms with Crippen molar-refractivity contribution in [1.82, 2.24) is 5.43 Å². The monoisotopic (exact) mass is 390 g/mol. The largest absolute Gasteiger partial charge is 0.493 e. The fourth-order valence-corrected chi connectivity index (χ4v) is 2.67. The molecule has 0 aliphatic heterocycles. The molecule has 0 spiro atoms. The molecule has 3 aromatic rings. The lowest BCUT2D eigenvalue weighted by molar-refractivity contribution is 0.0955. The molecule has 0 aliphatic carbocycles. The predicted octanol–water partition coefficient (Wildman–Crippen LogP) is 4.05. The maximum absolute atomic E-state index is 12.1. The Kier molecular flexibility index (Phi) is 6.84. The quantitative estimate of drug-likeness (QED) is 0.465. The van der Waals surface area contributed by atoms with Gasteiger partial charge in [-0.1, -0.05) is 48.5 Å². The van der Waals surface area contributed by atoms with E-state index in [2.05, 4.69) is 10.5 Å². The molecular weight excluding hydrogens is 368 g/mol. The second-order valence-corrected chi connectivity index (χ2v) is 6.09. The van der Waals surface area contributed by atoms with Crippen molar-refractivity contribution in [1.29, 1.82) is 0 Å². The summed E-state index contributed by atoms with van der Waals surface area (Å²) in [7, 11) is 3.12. The van der Waals surface area contributed by atoms with Crippen LogP contribution in [0.2, 0.25) is 0 Å². The number of nitrogens with one attached hydrogen (secondary N) is 1. The first-order valence-electron chi connectivity index (χ1n) is 9.02. The average Bonchev–Trinajstić information content (AvgIpc) is 2.78. The van der Waals surface area contributed by atoms with E-state index in [9.17, 15) is 4.79 Å². The van der Waals surface area contributed by atoms with Crippen LogP contribution in [-0.4, -0.2) is 26.3 Å². The average molecular weight is 390 g/mol. The molecule has 6 heteroatoms. The Bertz CT molecular complexity index is 948. The van der Waals surface area contributed by atoms with E-state index in [0.717, 1.165) is 5.56 Å². The molecule has 0 atom stereocenters. The Hall–Kier alpha value is -3.80. The maximum Gasteiger partial charge on any atom is 0.271 e. The zero-order valence-electron chi connectivity index (χ0n) is 16.3. The number of rotatable bonds is 8. The van der Waals surface area contributed by atoms with Gasteiger partial charge in [-0.25, -0.2) is 5.43 Å². The SMILES string of the molecule is COc1cc(/C=N/NC(=O)c2ccccc2)cc(OC)c1OCc1ccccc1. The third-order valence-corrected chi connectivity index (χ3v) is 4.12. The highest BCUT2D eigenvalue weighted by molar-refractivity contribution is 5.94. The predicted molar refractivity (Wildman–Crippen MR) is 112 cm³/mol. The van der Waals surface area contributed by atoms with Crippen LogP contribution in [0.15, 0.2) is 77.9 Å². The normalized spacial score (nSPS) is 10.6. The molecule has 0 saturated heterocycles.